The summed E-state index contributed by atoms with van der Waals surface area (Å²) in [5.74, 6) is -3.68. The van der Waals surface area contributed by atoms with Gasteiger partial charge < -0.3 is 5.73 Å². The maximum Gasteiger partial charge on any atom is 0.401 e. The fourth-order valence-electron chi connectivity index (χ4n) is 1.88. The predicted molar refractivity (Wildman–Crippen MR) is 52.3 cm³/mol. The molecular weight excluding hydrogens is 248 g/mol. The summed E-state index contributed by atoms with van der Waals surface area (Å²) in [6.07, 6.45) is -9.70. The van der Waals surface area contributed by atoms with Crippen molar-refractivity contribution in [3.05, 3.63) is 0 Å². The number of alkyl halides is 6. The molecule has 0 aromatic carbocycles. The van der Waals surface area contributed by atoms with Gasteiger partial charge in [0.15, 0.2) is 5.92 Å². The van der Waals surface area contributed by atoms with E-state index in [0.29, 0.717) is 12.8 Å². The molecule has 0 aliphatic carbocycles. The van der Waals surface area contributed by atoms with Crippen molar-refractivity contribution in [3.63, 3.8) is 0 Å². The van der Waals surface area contributed by atoms with Gasteiger partial charge in [0.05, 0.1) is 0 Å². The van der Waals surface area contributed by atoms with E-state index in [1.165, 1.54) is 0 Å². The summed E-state index contributed by atoms with van der Waals surface area (Å²) in [5.41, 5.74) is 5.08. The zero-order chi connectivity index (χ0) is 13.9. The van der Waals surface area contributed by atoms with Gasteiger partial charge in [0.1, 0.15) is 0 Å². The third-order valence-corrected chi connectivity index (χ3v) is 2.59. The minimum absolute atomic E-state index is 0.248. The molecular formula is C10H17F6N. The Kier molecular flexibility index (Phi) is 5.77. The van der Waals surface area contributed by atoms with Crippen LogP contribution in [0.5, 0.6) is 0 Å². The van der Waals surface area contributed by atoms with Crippen molar-refractivity contribution in [2.45, 2.75) is 51.5 Å². The van der Waals surface area contributed by atoms with Gasteiger partial charge in [-0.05, 0) is 12.3 Å². The molecule has 0 aliphatic heterocycles. The minimum atomic E-state index is -5.34. The highest BCUT2D eigenvalue weighted by Gasteiger charge is 2.59. The first-order chi connectivity index (χ1) is 7.50. The number of nitrogens with two attached hydrogens (primary N) is 1. The Labute approximate surface area is 96.4 Å². The second kappa shape index (κ2) is 5.93. The summed E-state index contributed by atoms with van der Waals surface area (Å²) in [4.78, 5) is 0. The van der Waals surface area contributed by atoms with Gasteiger partial charge in [0, 0.05) is 6.04 Å². The average molecular weight is 265 g/mol. The molecule has 17 heavy (non-hydrogen) atoms. The first-order valence-electron chi connectivity index (χ1n) is 5.39. The first-order valence-corrected chi connectivity index (χ1v) is 5.39. The first kappa shape index (κ1) is 16.5. The quantitative estimate of drug-likeness (QED) is 0.750. The molecule has 0 spiro atoms. The van der Waals surface area contributed by atoms with Gasteiger partial charge in [-0.1, -0.05) is 26.7 Å². The van der Waals surface area contributed by atoms with Crippen LogP contribution in [0.3, 0.4) is 0 Å². The van der Waals surface area contributed by atoms with E-state index in [2.05, 4.69) is 0 Å². The molecule has 0 radical (unpaired) electrons. The molecule has 0 aromatic heterocycles. The van der Waals surface area contributed by atoms with Gasteiger partial charge in [0.25, 0.3) is 0 Å². The van der Waals surface area contributed by atoms with Crippen LogP contribution >= 0.6 is 0 Å². The third kappa shape index (κ3) is 5.61. The van der Waals surface area contributed by atoms with Crippen molar-refractivity contribution in [3.8, 4) is 0 Å². The molecule has 0 amide bonds. The minimum Gasteiger partial charge on any atom is -0.327 e. The Morgan fingerprint density at radius 2 is 1.41 bits per heavy atom. The van der Waals surface area contributed by atoms with Crippen LogP contribution in [0.4, 0.5) is 26.3 Å². The van der Waals surface area contributed by atoms with Crippen LogP contribution in [0.1, 0.15) is 33.1 Å². The van der Waals surface area contributed by atoms with Gasteiger partial charge >= 0.3 is 12.4 Å². The van der Waals surface area contributed by atoms with Gasteiger partial charge in [-0.15, -0.1) is 0 Å². The SMILES string of the molecule is CCCC(C)CC(N)C(C(F)(F)F)C(F)(F)F. The summed E-state index contributed by atoms with van der Waals surface area (Å²) in [6, 6.07) is -1.93. The maximum atomic E-state index is 12.3. The molecule has 0 saturated carbocycles. The molecule has 2 unspecified atom stereocenters. The van der Waals surface area contributed by atoms with Gasteiger partial charge in [-0.3, -0.25) is 0 Å². The molecule has 0 bridgehead atoms. The normalized spacial score (nSPS) is 17.3. The maximum absolute atomic E-state index is 12.3. The Hall–Kier alpha value is -0.460. The molecule has 0 aromatic rings. The van der Waals surface area contributed by atoms with Gasteiger partial charge in [-0.25, -0.2) is 0 Å². The lowest BCUT2D eigenvalue weighted by atomic mass is 9.89. The van der Waals surface area contributed by atoms with Crippen molar-refractivity contribution in [2.24, 2.45) is 17.6 Å². The molecule has 0 rings (SSSR count). The van der Waals surface area contributed by atoms with Crippen molar-refractivity contribution in [1.82, 2.24) is 0 Å². The highest BCUT2D eigenvalue weighted by Crippen LogP contribution is 2.42. The standard InChI is InChI=1S/C10H17F6N/c1-3-4-6(2)5-7(17)8(9(11,12)13)10(14,15)16/h6-8H,3-5,17H2,1-2H3. The molecule has 1 nitrogen and oxygen atoms in total. The van der Waals surface area contributed by atoms with E-state index in [0.717, 1.165) is 0 Å². The Morgan fingerprint density at radius 1 is 1.00 bits per heavy atom. The number of hydrogen-bond acceptors (Lipinski definition) is 1. The lowest BCUT2D eigenvalue weighted by Crippen LogP contribution is -2.49. The van der Waals surface area contributed by atoms with Crippen LogP contribution in [-0.4, -0.2) is 18.4 Å². The van der Waals surface area contributed by atoms with Crippen molar-refractivity contribution in [1.29, 1.82) is 0 Å². The Bertz CT molecular complexity index is 208. The molecule has 0 saturated heterocycles. The Balaban J connectivity index is 4.73. The van der Waals surface area contributed by atoms with E-state index in [9.17, 15) is 26.3 Å². The second-order valence-corrected chi connectivity index (χ2v) is 4.35. The molecule has 2 atom stereocenters. The number of hydrogen-bond donors (Lipinski definition) is 1. The van der Waals surface area contributed by atoms with Gasteiger partial charge in [-0.2, -0.15) is 26.3 Å². The highest BCUT2D eigenvalue weighted by atomic mass is 19.4. The lowest BCUT2D eigenvalue weighted by molar-refractivity contribution is -0.290. The number of halogens is 6. The van der Waals surface area contributed by atoms with E-state index in [1.807, 2.05) is 6.92 Å². The Morgan fingerprint density at radius 3 is 1.71 bits per heavy atom. The van der Waals surface area contributed by atoms with Crippen LogP contribution in [0.25, 0.3) is 0 Å². The third-order valence-electron chi connectivity index (χ3n) is 2.59. The fraction of sp³-hybridized carbons (Fsp3) is 1.00. The molecule has 0 heterocycles. The van der Waals surface area contributed by atoms with Crippen LogP contribution in [-0.2, 0) is 0 Å². The summed E-state index contributed by atoms with van der Waals surface area (Å²) >= 11 is 0. The largest absolute Gasteiger partial charge is 0.401 e. The number of rotatable bonds is 5. The van der Waals surface area contributed by atoms with E-state index in [4.69, 9.17) is 5.73 Å². The second-order valence-electron chi connectivity index (χ2n) is 4.35. The van der Waals surface area contributed by atoms with E-state index in [1.54, 1.807) is 6.92 Å². The topological polar surface area (TPSA) is 26.0 Å². The van der Waals surface area contributed by atoms with Crippen LogP contribution < -0.4 is 5.73 Å². The van der Waals surface area contributed by atoms with E-state index < -0.39 is 24.3 Å². The van der Waals surface area contributed by atoms with Crippen molar-refractivity contribution < 1.29 is 26.3 Å². The molecule has 0 fully saturated rings. The zero-order valence-corrected chi connectivity index (χ0v) is 9.70. The highest BCUT2D eigenvalue weighted by molar-refractivity contribution is 4.85. The van der Waals surface area contributed by atoms with Crippen molar-refractivity contribution in [2.75, 3.05) is 0 Å². The average Bonchev–Trinajstić information content (AvgIpc) is 1.96. The summed E-state index contributed by atoms with van der Waals surface area (Å²) in [6.45, 7) is 3.42. The molecule has 7 heteroatoms. The molecule has 0 aliphatic rings. The zero-order valence-electron chi connectivity index (χ0n) is 9.70. The van der Waals surface area contributed by atoms with E-state index in [-0.39, 0.29) is 12.3 Å². The monoisotopic (exact) mass is 265 g/mol. The predicted octanol–water partition coefficient (Wildman–Crippen LogP) is 3.88. The van der Waals surface area contributed by atoms with E-state index >= 15 is 0 Å². The van der Waals surface area contributed by atoms with Crippen LogP contribution in [0.15, 0.2) is 0 Å². The lowest BCUT2D eigenvalue weighted by Gasteiger charge is -2.29. The fourth-order valence-corrected chi connectivity index (χ4v) is 1.88. The molecule has 2 N–H and O–H groups in total. The van der Waals surface area contributed by atoms with Crippen LogP contribution in [0, 0.1) is 11.8 Å². The van der Waals surface area contributed by atoms with Crippen LogP contribution in [0.2, 0.25) is 0 Å². The summed E-state index contributed by atoms with van der Waals surface area (Å²) in [7, 11) is 0. The smallest absolute Gasteiger partial charge is 0.327 e. The van der Waals surface area contributed by atoms with Gasteiger partial charge in [0.2, 0.25) is 0 Å². The summed E-state index contributed by atoms with van der Waals surface area (Å²) < 4.78 is 73.8. The summed E-state index contributed by atoms with van der Waals surface area (Å²) in [5, 5.41) is 0. The molecule has 104 valence electrons. The van der Waals surface area contributed by atoms with Crippen molar-refractivity contribution >= 4 is 0 Å².